The summed E-state index contributed by atoms with van der Waals surface area (Å²) in [6.07, 6.45) is 8.27. The van der Waals surface area contributed by atoms with Crippen LogP contribution >= 0.6 is 0 Å². The molecule has 1 heteroatoms. The van der Waals surface area contributed by atoms with E-state index in [-0.39, 0.29) is 5.60 Å². The molecule has 17 heavy (non-hydrogen) atoms. The van der Waals surface area contributed by atoms with Gasteiger partial charge in [-0.1, -0.05) is 27.2 Å². The molecule has 3 aliphatic rings. The van der Waals surface area contributed by atoms with Crippen molar-refractivity contribution in [3.8, 4) is 0 Å². The molecule has 4 atom stereocenters. The van der Waals surface area contributed by atoms with E-state index in [1.54, 1.807) is 0 Å². The molecular formula is C16H28O. The summed E-state index contributed by atoms with van der Waals surface area (Å²) in [6, 6.07) is 0. The second-order valence-electron chi connectivity index (χ2n) is 7.94. The molecule has 2 aliphatic carbocycles. The molecule has 2 saturated carbocycles. The SMILES string of the molecule is CC1(C)CCC[C@]2(C)C1CC[C@]1(C)OCCC21. The van der Waals surface area contributed by atoms with Gasteiger partial charge in [0.1, 0.15) is 0 Å². The monoisotopic (exact) mass is 236 g/mol. The van der Waals surface area contributed by atoms with E-state index in [9.17, 15) is 0 Å². The number of hydrogen-bond acceptors (Lipinski definition) is 1. The smallest absolute Gasteiger partial charge is 0.0688 e. The molecule has 3 rings (SSSR count). The molecule has 3 fully saturated rings. The Labute approximate surface area is 106 Å². The Kier molecular flexibility index (Phi) is 2.47. The molecule has 0 N–H and O–H groups in total. The molecule has 1 nitrogen and oxygen atoms in total. The van der Waals surface area contributed by atoms with Crippen molar-refractivity contribution in [3.05, 3.63) is 0 Å². The molecule has 1 saturated heterocycles. The normalized spacial score (nSPS) is 52.9. The van der Waals surface area contributed by atoms with Crippen molar-refractivity contribution in [1.29, 1.82) is 0 Å². The first-order chi connectivity index (χ1) is 7.89. The van der Waals surface area contributed by atoms with Gasteiger partial charge in [-0.2, -0.15) is 0 Å². The lowest BCUT2D eigenvalue weighted by atomic mass is 9.46. The highest BCUT2D eigenvalue weighted by molar-refractivity contribution is 5.09. The molecule has 0 aromatic carbocycles. The van der Waals surface area contributed by atoms with Crippen LogP contribution in [-0.4, -0.2) is 12.2 Å². The van der Waals surface area contributed by atoms with E-state index in [0.29, 0.717) is 10.8 Å². The van der Waals surface area contributed by atoms with Gasteiger partial charge in [0.25, 0.3) is 0 Å². The van der Waals surface area contributed by atoms with Crippen molar-refractivity contribution < 1.29 is 4.74 Å². The molecule has 2 unspecified atom stereocenters. The average molecular weight is 236 g/mol. The number of hydrogen-bond donors (Lipinski definition) is 0. The average Bonchev–Trinajstić information content (AvgIpc) is 2.60. The van der Waals surface area contributed by atoms with Crippen LogP contribution in [0.15, 0.2) is 0 Å². The predicted molar refractivity (Wildman–Crippen MR) is 70.9 cm³/mol. The molecular weight excluding hydrogens is 208 g/mol. The predicted octanol–water partition coefficient (Wildman–Crippen LogP) is 4.41. The number of rotatable bonds is 0. The van der Waals surface area contributed by atoms with E-state index < -0.39 is 0 Å². The first-order valence-corrected chi connectivity index (χ1v) is 7.52. The lowest BCUT2D eigenvalue weighted by Gasteiger charge is -2.60. The first-order valence-electron chi connectivity index (χ1n) is 7.52. The van der Waals surface area contributed by atoms with Crippen molar-refractivity contribution in [2.24, 2.45) is 22.7 Å². The summed E-state index contributed by atoms with van der Waals surface area (Å²) < 4.78 is 6.13. The Hall–Kier alpha value is -0.0400. The van der Waals surface area contributed by atoms with Crippen LogP contribution < -0.4 is 0 Å². The summed E-state index contributed by atoms with van der Waals surface area (Å²) in [6.45, 7) is 11.0. The third-order valence-electron chi connectivity index (χ3n) is 6.58. The van der Waals surface area contributed by atoms with Crippen LogP contribution in [0.1, 0.15) is 66.2 Å². The maximum absolute atomic E-state index is 6.13. The van der Waals surface area contributed by atoms with Crippen LogP contribution in [-0.2, 0) is 4.74 Å². The van der Waals surface area contributed by atoms with Gasteiger partial charge in [-0.15, -0.1) is 0 Å². The van der Waals surface area contributed by atoms with Crippen LogP contribution in [0.5, 0.6) is 0 Å². The van der Waals surface area contributed by atoms with Gasteiger partial charge in [0.2, 0.25) is 0 Å². The van der Waals surface area contributed by atoms with Gasteiger partial charge in [-0.3, -0.25) is 0 Å². The van der Waals surface area contributed by atoms with E-state index in [4.69, 9.17) is 4.74 Å². The zero-order chi connectivity index (χ0) is 12.3. The Morgan fingerprint density at radius 1 is 0.882 bits per heavy atom. The second kappa shape index (κ2) is 3.50. The lowest BCUT2D eigenvalue weighted by Crippen LogP contribution is -2.55. The van der Waals surface area contributed by atoms with Crippen molar-refractivity contribution in [2.75, 3.05) is 6.61 Å². The highest BCUT2D eigenvalue weighted by Gasteiger charge is 2.60. The quantitative estimate of drug-likeness (QED) is 0.605. The Morgan fingerprint density at radius 2 is 1.65 bits per heavy atom. The third kappa shape index (κ3) is 1.54. The van der Waals surface area contributed by atoms with Gasteiger partial charge in [0.05, 0.1) is 5.60 Å². The largest absolute Gasteiger partial charge is 0.375 e. The minimum Gasteiger partial charge on any atom is -0.375 e. The lowest BCUT2D eigenvalue weighted by molar-refractivity contribution is -0.147. The molecule has 1 aliphatic heterocycles. The summed E-state index contributed by atoms with van der Waals surface area (Å²) in [5.74, 6) is 1.73. The molecule has 0 bridgehead atoms. The Morgan fingerprint density at radius 3 is 2.41 bits per heavy atom. The molecule has 0 aromatic heterocycles. The molecule has 0 aromatic rings. The van der Waals surface area contributed by atoms with Gasteiger partial charge >= 0.3 is 0 Å². The molecule has 0 spiro atoms. The summed E-state index contributed by atoms with van der Waals surface area (Å²) in [4.78, 5) is 0. The van der Waals surface area contributed by atoms with E-state index in [2.05, 4.69) is 27.7 Å². The van der Waals surface area contributed by atoms with E-state index in [0.717, 1.165) is 18.4 Å². The van der Waals surface area contributed by atoms with Gasteiger partial charge in [-0.05, 0) is 61.7 Å². The fraction of sp³-hybridized carbons (Fsp3) is 1.00. The van der Waals surface area contributed by atoms with E-state index >= 15 is 0 Å². The van der Waals surface area contributed by atoms with Crippen molar-refractivity contribution in [2.45, 2.75) is 71.8 Å². The maximum atomic E-state index is 6.13. The molecule has 0 radical (unpaired) electrons. The highest BCUT2D eigenvalue weighted by atomic mass is 16.5. The summed E-state index contributed by atoms with van der Waals surface area (Å²) in [5.41, 5.74) is 1.31. The molecule has 98 valence electrons. The second-order valence-corrected chi connectivity index (χ2v) is 7.94. The number of fused-ring (bicyclic) bond motifs is 3. The highest BCUT2D eigenvalue weighted by Crippen LogP contribution is 2.64. The van der Waals surface area contributed by atoms with Crippen molar-refractivity contribution in [3.63, 3.8) is 0 Å². The maximum Gasteiger partial charge on any atom is 0.0688 e. The van der Waals surface area contributed by atoms with Gasteiger partial charge < -0.3 is 4.74 Å². The fourth-order valence-electron chi connectivity index (χ4n) is 5.82. The zero-order valence-corrected chi connectivity index (χ0v) is 12.0. The molecule has 0 amide bonds. The minimum absolute atomic E-state index is 0.207. The van der Waals surface area contributed by atoms with Gasteiger partial charge in [-0.25, -0.2) is 0 Å². The summed E-state index contributed by atoms with van der Waals surface area (Å²) in [5, 5.41) is 0. The molecule has 1 heterocycles. The Balaban J connectivity index is 1.98. The third-order valence-corrected chi connectivity index (χ3v) is 6.58. The van der Waals surface area contributed by atoms with Crippen LogP contribution in [0.2, 0.25) is 0 Å². The zero-order valence-electron chi connectivity index (χ0n) is 12.0. The van der Waals surface area contributed by atoms with Gasteiger partial charge in [0.15, 0.2) is 0 Å². The summed E-state index contributed by atoms with van der Waals surface area (Å²) in [7, 11) is 0. The Bertz CT molecular complexity index is 317. The van der Waals surface area contributed by atoms with Crippen LogP contribution in [0.25, 0.3) is 0 Å². The van der Waals surface area contributed by atoms with Crippen LogP contribution in [0.3, 0.4) is 0 Å². The fourth-order valence-corrected chi connectivity index (χ4v) is 5.82. The van der Waals surface area contributed by atoms with Gasteiger partial charge in [0, 0.05) is 6.61 Å². The van der Waals surface area contributed by atoms with Crippen molar-refractivity contribution in [1.82, 2.24) is 0 Å². The summed E-state index contributed by atoms with van der Waals surface area (Å²) >= 11 is 0. The standard InChI is InChI=1S/C16H28O/c1-14(2)8-5-9-15(3)12(14)6-10-16(4)13(15)7-11-17-16/h12-13H,5-11H2,1-4H3/t12?,13?,15-,16+/m1/s1. The number of ether oxygens (including phenoxy) is 1. The van der Waals surface area contributed by atoms with Crippen LogP contribution in [0.4, 0.5) is 0 Å². The van der Waals surface area contributed by atoms with Crippen molar-refractivity contribution >= 4 is 0 Å². The first kappa shape index (κ1) is 12.0. The van der Waals surface area contributed by atoms with Crippen LogP contribution in [0, 0.1) is 22.7 Å². The minimum atomic E-state index is 0.207. The van der Waals surface area contributed by atoms with E-state index in [1.807, 2.05) is 0 Å². The topological polar surface area (TPSA) is 9.23 Å². The van der Waals surface area contributed by atoms with E-state index in [1.165, 1.54) is 38.5 Å².